The summed E-state index contributed by atoms with van der Waals surface area (Å²) in [4.78, 5) is 3.42. The number of ether oxygens (including phenoxy) is 1. The number of benzene rings is 1. The van der Waals surface area contributed by atoms with E-state index in [-0.39, 0.29) is 0 Å². The van der Waals surface area contributed by atoms with Gasteiger partial charge >= 0.3 is 0 Å². The predicted octanol–water partition coefficient (Wildman–Crippen LogP) is -2.38. The average Bonchev–Trinajstić information content (AvgIpc) is 2.48. The van der Waals surface area contributed by atoms with Crippen molar-refractivity contribution in [3.05, 3.63) is 29.3 Å². The molecule has 2 aliphatic heterocycles. The Labute approximate surface area is 121 Å². The van der Waals surface area contributed by atoms with E-state index in [0.717, 1.165) is 18.9 Å². The van der Waals surface area contributed by atoms with E-state index in [0.29, 0.717) is 6.04 Å². The first-order chi connectivity index (χ1) is 9.79. The van der Waals surface area contributed by atoms with Gasteiger partial charge in [-0.25, -0.2) is 0 Å². The maximum absolute atomic E-state index is 5.91. The van der Waals surface area contributed by atoms with Gasteiger partial charge in [0.25, 0.3) is 0 Å². The molecular formula is C16H28N3O+3. The SMILES string of the molecule is CCOc1cccc2c1[C@@H]([NH+]1CC[NH+](C)CC1)C[NH2+]C2. The molecule has 0 saturated carbocycles. The fourth-order valence-electron chi connectivity index (χ4n) is 3.68. The van der Waals surface area contributed by atoms with Crippen LogP contribution in [0.2, 0.25) is 0 Å². The topological polar surface area (TPSA) is 34.7 Å². The predicted molar refractivity (Wildman–Crippen MR) is 78.2 cm³/mol. The van der Waals surface area contributed by atoms with Crippen LogP contribution in [0.25, 0.3) is 0 Å². The normalized spacial score (nSPS) is 29.8. The summed E-state index contributed by atoms with van der Waals surface area (Å²) in [6, 6.07) is 7.18. The molecule has 2 aliphatic rings. The number of hydrogen-bond donors (Lipinski definition) is 3. The molecule has 1 atom stereocenters. The Morgan fingerprint density at radius 3 is 2.80 bits per heavy atom. The lowest BCUT2D eigenvalue weighted by molar-refractivity contribution is -1.03. The molecule has 3 rings (SSSR count). The van der Waals surface area contributed by atoms with E-state index in [1.54, 1.807) is 9.80 Å². The maximum atomic E-state index is 5.91. The highest BCUT2D eigenvalue weighted by atomic mass is 16.5. The molecule has 0 amide bonds. The average molecular weight is 278 g/mol. The summed E-state index contributed by atoms with van der Waals surface area (Å²) in [5.74, 6) is 1.13. The van der Waals surface area contributed by atoms with Gasteiger partial charge in [0.05, 0.1) is 19.2 Å². The number of nitrogens with one attached hydrogen (secondary N) is 2. The first-order valence-electron chi connectivity index (χ1n) is 8.01. The molecule has 0 bridgehead atoms. The smallest absolute Gasteiger partial charge is 0.167 e. The standard InChI is InChI=1S/C16H25N3O/c1-3-20-15-6-4-5-13-11-17-12-14(16(13)15)19-9-7-18(2)8-10-19/h4-6,14,17H,3,7-12H2,1-2H3/p+3/t14-/m0/s1. The van der Waals surface area contributed by atoms with Crippen LogP contribution in [0.5, 0.6) is 5.75 Å². The number of piperazine rings is 1. The highest BCUT2D eigenvalue weighted by molar-refractivity contribution is 5.42. The molecule has 110 valence electrons. The van der Waals surface area contributed by atoms with Gasteiger partial charge in [0.2, 0.25) is 0 Å². The summed E-state index contributed by atoms with van der Waals surface area (Å²) in [6.07, 6.45) is 0. The molecule has 20 heavy (non-hydrogen) atoms. The molecule has 0 spiro atoms. The lowest BCUT2D eigenvalue weighted by atomic mass is 9.94. The van der Waals surface area contributed by atoms with Crippen LogP contribution >= 0.6 is 0 Å². The van der Waals surface area contributed by atoms with Crippen LogP contribution < -0.4 is 19.9 Å². The second-order valence-corrected chi connectivity index (χ2v) is 6.16. The van der Waals surface area contributed by atoms with Crippen LogP contribution in [-0.2, 0) is 6.54 Å². The van der Waals surface area contributed by atoms with E-state index in [2.05, 4.69) is 37.5 Å². The maximum Gasteiger partial charge on any atom is 0.167 e. The van der Waals surface area contributed by atoms with Gasteiger partial charge in [-0.1, -0.05) is 12.1 Å². The van der Waals surface area contributed by atoms with Gasteiger partial charge in [-0.3, -0.25) is 0 Å². The first kappa shape index (κ1) is 13.9. The number of rotatable bonds is 3. The van der Waals surface area contributed by atoms with E-state index in [1.165, 1.54) is 43.9 Å². The summed E-state index contributed by atoms with van der Waals surface area (Å²) < 4.78 is 5.91. The summed E-state index contributed by atoms with van der Waals surface area (Å²) in [5.41, 5.74) is 2.97. The molecule has 0 radical (unpaired) electrons. The molecule has 0 aromatic heterocycles. The van der Waals surface area contributed by atoms with Crippen LogP contribution in [0.3, 0.4) is 0 Å². The molecular weight excluding hydrogens is 250 g/mol. The quantitative estimate of drug-likeness (QED) is 0.567. The van der Waals surface area contributed by atoms with Gasteiger partial charge in [0.15, 0.2) is 6.04 Å². The van der Waals surface area contributed by atoms with Crippen LogP contribution in [0, 0.1) is 0 Å². The third-order valence-electron chi connectivity index (χ3n) is 4.81. The molecule has 4 nitrogen and oxygen atoms in total. The van der Waals surface area contributed by atoms with Crippen molar-refractivity contribution >= 4 is 0 Å². The molecule has 0 aliphatic carbocycles. The van der Waals surface area contributed by atoms with E-state index in [1.807, 2.05) is 0 Å². The minimum Gasteiger partial charge on any atom is -0.493 e. The minimum absolute atomic E-state index is 0.606. The van der Waals surface area contributed by atoms with Crippen molar-refractivity contribution in [2.45, 2.75) is 19.5 Å². The van der Waals surface area contributed by atoms with Crippen LogP contribution in [0.1, 0.15) is 24.1 Å². The second kappa shape index (κ2) is 6.12. The molecule has 0 unspecified atom stereocenters. The van der Waals surface area contributed by atoms with Crippen molar-refractivity contribution in [2.75, 3.05) is 46.4 Å². The van der Waals surface area contributed by atoms with Crippen molar-refractivity contribution in [1.29, 1.82) is 0 Å². The second-order valence-electron chi connectivity index (χ2n) is 6.16. The zero-order valence-electron chi connectivity index (χ0n) is 12.7. The third kappa shape index (κ3) is 2.68. The van der Waals surface area contributed by atoms with Crippen molar-refractivity contribution in [3.8, 4) is 5.75 Å². The molecule has 1 aromatic carbocycles. The summed E-state index contributed by atoms with van der Waals surface area (Å²) in [5, 5.41) is 2.46. The molecule has 1 aromatic rings. The lowest BCUT2D eigenvalue weighted by Crippen LogP contribution is -3.28. The highest BCUT2D eigenvalue weighted by Crippen LogP contribution is 2.28. The van der Waals surface area contributed by atoms with Crippen molar-refractivity contribution in [2.24, 2.45) is 0 Å². The van der Waals surface area contributed by atoms with Gasteiger partial charge < -0.3 is 19.9 Å². The summed E-state index contributed by atoms with van der Waals surface area (Å²) in [6.45, 7) is 10.3. The lowest BCUT2D eigenvalue weighted by Gasteiger charge is -2.35. The van der Waals surface area contributed by atoms with Gasteiger partial charge in [-0.2, -0.15) is 0 Å². The Bertz CT molecular complexity index is 455. The molecule has 4 heteroatoms. The number of likely N-dealkylation sites (N-methyl/N-ethyl adjacent to an activating group) is 1. The zero-order valence-corrected chi connectivity index (χ0v) is 12.7. The summed E-state index contributed by atoms with van der Waals surface area (Å²) >= 11 is 0. The van der Waals surface area contributed by atoms with Crippen LogP contribution in [-0.4, -0.2) is 46.4 Å². The highest BCUT2D eigenvalue weighted by Gasteiger charge is 2.36. The number of fused-ring (bicyclic) bond motifs is 1. The van der Waals surface area contributed by atoms with Crippen molar-refractivity contribution in [3.63, 3.8) is 0 Å². The Kier molecular flexibility index (Phi) is 4.24. The Morgan fingerprint density at radius 1 is 1.25 bits per heavy atom. The van der Waals surface area contributed by atoms with Gasteiger partial charge in [0.1, 0.15) is 45.0 Å². The molecule has 4 N–H and O–H groups in total. The monoisotopic (exact) mass is 278 g/mol. The Balaban J connectivity index is 1.88. The molecule has 1 saturated heterocycles. The fraction of sp³-hybridized carbons (Fsp3) is 0.625. The molecule has 1 fully saturated rings. The number of quaternary nitrogens is 3. The van der Waals surface area contributed by atoms with E-state index < -0.39 is 0 Å². The zero-order chi connectivity index (χ0) is 13.9. The number of nitrogens with two attached hydrogens (primary N) is 1. The summed E-state index contributed by atoms with van der Waals surface area (Å²) in [7, 11) is 2.31. The first-order valence-corrected chi connectivity index (χ1v) is 8.01. The van der Waals surface area contributed by atoms with E-state index in [4.69, 9.17) is 4.74 Å². The molecule has 2 heterocycles. The minimum atomic E-state index is 0.606. The van der Waals surface area contributed by atoms with Gasteiger partial charge in [-0.05, 0) is 13.0 Å². The van der Waals surface area contributed by atoms with E-state index in [9.17, 15) is 0 Å². The van der Waals surface area contributed by atoms with Crippen molar-refractivity contribution in [1.82, 2.24) is 0 Å². The van der Waals surface area contributed by atoms with Gasteiger partial charge in [0, 0.05) is 5.56 Å². The van der Waals surface area contributed by atoms with Crippen molar-refractivity contribution < 1.29 is 19.9 Å². The van der Waals surface area contributed by atoms with Crippen LogP contribution in [0.15, 0.2) is 18.2 Å². The van der Waals surface area contributed by atoms with E-state index >= 15 is 0 Å². The fourth-order valence-corrected chi connectivity index (χ4v) is 3.68. The Hall–Kier alpha value is -1.10. The van der Waals surface area contributed by atoms with Crippen LogP contribution in [0.4, 0.5) is 0 Å². The van der Waals surface area contributed by atoms with Gasteiger partial charge in [-0.15, -0.1) is 0 Å². The Morgan fingerprint density at radius 2 is 2.05 bits per heavy atom. The third-order valence-corrected chi connectivity index (χ3v) is 4.81. The largest absolute Gasteiger partial charge is 0.493 e. The number of hydrogen-bond acceptors (Lipinski definition) is 1.